The molecule has 1 aromatic carbocycles. The van der Waals surface area contributed by atoms with Gasteiger partial charge in [-0.05, 0) is 30.9 Å². The quantitative estimate of drug-likeness (QED) is 0.565. The molecule has 2 saturated heterocycles. The first kappa shape index (κ1) is 20.1. The number of nitrogens with zero attached hydrogens (tertiary/aromatic N) is 6. The second-order valence-electron chi connectivity index (χ2n) is 8.01. The molecule has 0 spiro atoms. The van der Waals surface area contributed by atoms with Gasteiger partial charge in [-0.25, -0.2) is 9.97 Å². The average Bonchev–Trinajstić information content (AvgIpc) is 2.79. The summed E-state index contributed by atoms with van der Waals surface area (Å²) in [4.78, 5) is 38.3. The number of hydrogen-bond donors (Lipinski definition) is 0. The van der Waals surface area contributed by atoms with Crippen LogP contribution in [-0.2, 0) is 0 Å². The topological polar surface area (TPSA) is 95.7 Å². The van der Waals surface area contributed by atoms with E-state index in [1.54, 1.807) is 11.2 Å². The van der Waals surface area contributed by atoms with Gasteiger partial charge in [0.25, 0.3) is 11.6 Å². The maximum atomic E-state index is 12.7. The fourth-order valence-corrected chi connectivity index (χ4v) is 4.13. The molecule has 1 amide bonds. The zero-order chi connectivity index (χ0) is 21.1. The van der Waals surface area contributed by atoms with E-state index in [1.807, 2.05) is 6.07 Å². The third-order valence-corrected chi connectivity index (χ3v) is 5.84. The molecule has 1 unspecified atom stereocenters. The van der Waals surface area contributed by atoms with E-state index in [9.17, 15) is 14.9 Å². The molecular weight excluding hydrogens is 384 g/mol. The Kier molecular flexibility index (Phi) is 5.78. The van der Waals surface area contributed by atoms with Gasteiger partial charge in [0, 0.05) is 63.0 Å². The Balaban J connectivity index is 1.38. The van der Waals surface area contributed by atoms with Crippen LogP contribution in [0.2, 0.25) is 0 Å². The van der Waals surface area contributed by atoms with E-state index in [0.717, 1.165) is 24.7 Å². The molecule has 2 aromatic rings. The molecule has 2 aliphatic heterocycles. The van der Waals surface area contributed by atoms with Crippen molar-refractivity contribution >= 4 is 23.2 Å². The average molecular weight is 410 g/mol. The molecule has 0 N–H and O–H groups in total. The summed E-state index contributed by atoms with van der Waals surface area (Å²) in [5, 5.41) is 10.8. The zero-order valence-electron chi connectivity index (χ0n) is 17.1. The van der Waals surface area contributed by atoms with Crippen LogP contribution in [0.25, 0.3) is 0 Å². The van der Waals surface area contributed by atoms with Crippen molar-refractivity contribution in [2.24, 2.45) is 5.92 Å². The molecule has 30 heavy (non-hydrogen) atoms. The van der Waals surface area contributed by atoms with E-state index in [4.69, 9.17) is 0 Å². The highest BCUT2D eigenvalue weighted by Crippen LogP contribution is 2.24. The van der Waals surface area contributed by atoms with Gasteiger partial charge in [-0.1, -0.05) is 6.92 Å². The van der Waals surface area contributed by atoms with E-state index in [1.165, 1.54) is 37.1 Å². The summed E-state index contributed by atoms with van der Waals surface area (Å²) in [7, 11) is 0. The molecule has 9 nitrogen and oxygen atoms in total. The van der Waals surface area contributed by atoms with Gasteiger partial charge >= 0.3 is 0 Å². The summed E-state index contributed by atoms with van der Waals surface area (Å²) < 4.78 is 0. The molecule has 0 radical (unpaired) electrons. The Bertz CT molecular complexity index is 911. The molecule has 9 heteroatoms. The number of nitro benzene ring substituents is 1. The molecule has 0 bridgehead atoms. The minimum Gasteiger partial charge on any atom is -0.356 e. The van der Waals surface area contributed by atoms with Crippen molar-refractivity contribution in [1.82, 2.24) is 14.9 Å². The lowest BCUT2D eigenvalue weighted by Crippen LogP contribution is -2.49. The molecule has 2 aliphatic rings. The standard InChI is InChI=1S/C21H26N6O3/c1-16-3-2-8-26(14-16)20-13-19(22-15-23-20)24-9-11-25(12-10-24)21(28)17-4-6-18(7-5-17)27(29)30/h4-7,13,15-16H,2-3,8-12,14H2,1H3. The van der Waals surface area contributed by atoms with Crippen molar-refractivity contribution in [2.45, 2.75) is 19.8 Å². The first-order valence-corrected chi connectivity index (χ1v) is 10.4. The van der Waals surface area contributed by atoms with Crippen LogP contribution in [0, 0.1) is 16.0 Å². The maximum Gasteiger partial charge on any atom is 0.269 e. The number of anilines is 2. The highest BCUT2D eigenvalue weighted by atomic mass is 16.6. The van der Waals surface area contributed by atoms with Crippen LogP contribution < -0.4 is 9.80 Å². The van der Waals surface area contributed by atoms with Gasteiger partial charge in [-0.2, -0.15) is 0 Å². The van der Waals surface area contributed by atoms with Crippen LogP contribution in [-0.4, -0.2) is 65.0 Å². The largest absolute Gasteiger partial charge is 0.356 e. The van der Waals surface area contributed by atoms with E-state index < -0.39 is 4.92 Å². The number of hydrogen-bond acceptors (Lipinski definition) is 7. The van der Waals surface area contributed by atoms with Gasteiger partial charge in [0.05, 0.1) is 4.92 Å². The SMILES string of the molecule is CC1CCCN(c2cc(N3CCN(C(=O)c4ccc([N+](=O)[O-])cc4)CC3)ncn2)C1. The fraction of sp³-hybridized carbons (Fsp3) is 0.476. The van der Waals surface area contributed by atoms with Gasteiger partial charge in [-0.3, -0.25) is 14.9 Å². The van der Waals surface area contributed by atoms with E-state index in [0.29, 0.717) is 37.7 Å². The van der Waals surface area contributed by atoms with Gasteiger partial charge in [-0.15, -0.1) is 0 Å². The number of benzene rings is 1. The summed E-state index contributed by atoms with van der Waals surface area (Å²) in [6.07, 6.45) is 4.07. The van der Waals surface area contributed by atoms with Crippen LogP contribution in [0.1, 0.15) is 30.1 Å². The van der Waals surface area contributed by atoms with Crippen LogP contribution in [0.5, 0.6) is 0 Å². The number of non-ortho nitro benzene ring substituents is 1. The van der Waals surface area contributed by atoms with Crippen LogP contribution in [0.15, 0.2) is 36.7 Å². The van der Waals surface area contributed by atoms with Crippen molar-refractivity contribution in [3.8, 4) is 0 Å². The van der Waals surface area contributed by atoms with Crippen molar-refractivity contribution in [1.29, 1.82) is 0 Å². The maximum absolute atomic E-state index is 12.7. The smallest absolute Gasteiger partial charge is 0.269 e. The number of amides is 1. The first-order chi connectivity index (χ1) is 14.5. The number of aromatic nitrogens is 2. The summed E-state index contributed by atoms with van der Waals surface area (Å²) in [6, 6.07) is 7.82. The monoisotopic (exact) mass is 410 g/mol. The summed E-state index contributed by atoms with van der Waals surface area (Å²) in [5.41, 5.74) is 0.455. The lowest BCUT2D eigenvalue weighted by atomic mass is 10.0. The molecule has 4 rings (SSSR count). The number of rotatable bonds is 4. The fourth-order valence-electron chi connectivity index (χ4n) is 4.13. The Hall–Kier alpha value is -3.23. The van der Waals surface area contributed by atoms with Crippen LogP contribution >= 0.6 is 0 Å². The first-order valence-electron chi connectivity index (χ1n) is 10.4. The Morgan fingerprint density at radius 3 is 2.33 bits per heavy atom. The number of piperazine rings is 1. The number of carbonyl (C=O) groups is 1. The Morgan fingerprint density at radius 1 is 1.03 bits per heavy atom. The van der Waals surface area contributed by atoms with Gasteiger partial charge in [0.2, 0.25) is 0 Å². The molecule has 0 saturated carbocycles. The normalized spacial score (nSPS) is 19.6. The van der Waals surface area contributed by atoms with Gasteiger partial charge in [0.15, 0.2) is 0 Å². The van der Waals surface area contributed by atoms with Crippen molar-refractivity contribution < 1.29 is 9.72 Å². The number of nitro groups is 1. The molecule has 158 valence electrons. The zero-order valence-corrected chi connectivity index (χ0v) is 17.1. The summed E-state index contributed by atoms with van der Waals surface area (Å²) >= 11 is 0. The van der Waals surface area contributed by atoms with Gasteiger partial charge in [0.1, 0.15) is 18.0 Å². The highest BCUT2D eigenvalue weighted by molar-refractivity contribution is 5.94. The molecule has 2 fully saturated rings. The van der Waals surface area contributed by atoms with E-state index in [2.05, 4.69) is 26.7 Å². The minimum absolute atomic E-state index is 0.0148. The molecule has 1 atom stereocenters. The Labute approximate surface area is 175 Å². The minimum atomic E-state index is -0.465. The summed E-state index contributed by atoms with van der Waals surface area (Å²) in [6.45, 7) is 6.85. The van der Waals surface area contributed by atoms with E-state index in [-0.39, 0.29) is 11.6 Å². The summed E-state index contributed by atoms with van der Waals surface area (Å²) in [5.74, 6) is 2.43. The van der Waals surface area contributed by atoms with E-state index >= 15 is 0 Å². The van der Waals surface area contributed by atoms with Crippen molar-refractivity contribution in [3.05, 3.63) is 52.3 Å². The number of carbonyl (C=O) groups excluding carboxylic acids is 1. The molecular formula is C21H26N6O3. The lowest BCUT2D eigenvalue weighted by molar-refractivity contribution is -0.384. The predicted molar refractivity (Wildman–Crippen MR) is 114 cm³/mol. The molecule has 1 aromatic heterocycles. The second-order valence-corrected chi connectivity index (χ2v) is 8.01. The van der Waals surface area contributed by atoms with Crippen LogP contribution in [0.4, 0.5) is 17.3 Å². The van der Waals surface area contributed by atoms with Gasteiger partial charge < -0.3 is 14.7 Å². The third-order valence-electron chi connectivity index (χ3n) is 5.84. The van der Waals surface area contributed by atoms with Crippen molar-refractivity contribution in [3.63, 3.8) is 0 Å². The van der Waals surface area contributed by atoms with Crippen LogP contribution in [0.3, 0.4) is 0 Å². The number of piperidine rings is 1. The Morgan fingerprint density at radius 2 is 1.70 bits per heavy atom. The lowest BCUT2D eigenvalue weighted by Gasteiger charge is -2.36. The van der Waals surface area contributed by atoms with Crippen molar-refractivity contribution in [2.75, 3.05) is 49.1 Å². The highest BCUT2D eigenvalue weighted by Gasteiger charge is 2.24. The molecule has 0 aliphatic carbocycles. The second kappa shape index (κ2) is 8.64. The predicted octanol–water partition coefficient (Wildman–Crippen LogP) is 2.58. The third kappa shape index (κ3) is 4.34. The molecule has 3 heterocycles.